The molecule has 1 heterocycles. The van der Waals surface area contributed by atoms with Crippen LogP contribution in [0.2, 0.25) is 0 Å². The standard InChI is InChI=1S/C13H21NOS/c1-2-7-15-9-12(14)10-4-3-5-13-11(10)6-8-16-13/h6,8,10,12H,2-5,7,9,14H2,1H3. The molecule has 2 rings (SSSR count). The summed E-state index contributed by atoms with van der Waals surface area (Å²) >= 11 is 1.88. The summed E-state index contributed by atoms with van der Waals surface area (Å²) < 4.78 is 5.57. The van der Waals surface area contributed by atoms with Crippen LogP contribution < -0.4 is 5.73 Å². The molecule has 0 saturated carbocycles. The van der Waals surface area contributed by atoms with E-state index in [-0.39, 0.29) is 6.04 Å². The summed E-state index contributed by atoms with van der Waals surface area (Å²) in [6.07, 6.45) is 4.81. The Morgan fingerprint density at radius 2 is 2.50 bits per heavy atom. The minimum atomic E-state index is 0.167. The third kappa shape index (κ3) is 2.65. The van der Waals surface area contributed by atoms with Crippen LogP contribution in [0.4, 0.5) is 0 Å². The summed E-state index contributed by atoms with van der Waals surface area (Å²) in [7, 11) is 0. The first-order chi connectivity index (χ1) is 7.83. The number of fused-ring (bicyclic) bond motifs is 1. The predicted molar refractivity (Wildman–Crippen MR) is 69.1 cm³/mol. The van der Waals surface area contributed by atoms with Gasteiger partial charge in [-0.25, -0.2) is 0 Å². The van der Waals surface area contributed by atoms with Crippen LogP contribution in [-0.2, 0) is 11.2 Å². The topological polar surface area (TPSA) is 35.2 Å². The lowest BCUT2D eigenvalue weighted by atomic mass is 9.83. The van der Waals surface area contributed by atoms with Gasteiger partial charge in [-0.3, -0.25) is 0 Å². The van der Waals surface area contributed by atoms with E-state index in [9.17, 15) is 0 Å². The van der Waals surface area contributed by atoms with Gasteiger partial charge in [0.25, 0.3) is 0 Å². The fourth-order valence-electron chi connectivity index (χ4n) is 2.45. The van der Waals surface area contributed by atoms with Crippen molar-refractivity contribution in [3.63, 3.8) is 0 Å². The van der Waals surface area contributed by atoms with Gasteiger partial charge in [0, 0.05) is 23.4 Å². The van der Waals surface area contributed by atoms with Crippen LogP contribution in [0.5, 0.6) is 0 Å². The summed E-state index contributed by atoms with van der Waals surface area (Å²) in [4.78, 5) is 1.54. The molecule has 0 aliphatic heterocycles. The first-order valence-electron chi connectivity index (χ1n) is 6.22. The van der Waals surface area contributed by atoms with E-state index >= 15 is 0 Å². The van der Waals surface area contributed by atoms with Gasteiger partial charge in [-0.1, -0.05) is 6.92 Å². The summed E-state index contributed by atoms with van der Waals surface area (Å²) in [6.45, 7) is 3.66. The highest BCUT2D eigenvalue weighted by molar-refractivity contribution is 7.10. The molecule has 0 aromatic carbocycles. The van der Waals surface area contributed by atoms with E-state index in [1.54, 1.807) is 4.88 Å². The number of rotatable bonds is 5. The average Bonchev–Trinajstić information content (AvgIpc) is 2.76. The first kappa shape index (κ1) is 12.1. The van der Waals surface area contributed by atoms with Gasteiger partial charge in [-0.2, -0.15) is 0 Å². The molecule has 2 nitrogen and oxygen atoms in total. The SMILES string of the molecule is CCCOCC(N)C1CCCc2sccc21. The van der Waals surface area contributed by atoms with Gasteiger partial charge >= 0.3 is 0 Å². The lowest BCUT2D eigenvalue weighted by molar-refractivity contribution is 0.113. The third-order valence-corrected chi connectivity index (χ3v) is 4.27. The highest BCUT2D eigenvalue weighted by Gasteiger charge is 2.26. The molecule has 1 aromatic heterocycles. The van der Waals surface area contributed by atoms with Gasteiger partial charge in [-0.15, -0.1) is 11.3 Å². The van der Waals surface area contributed by atoms with Crippen LogP contribution in [0, 0.1) is 0 Å². The monoisotopic (exact) mass is 239 g/mol. The second-order valence-corrected chi connectivity index (χ2v) is 5.54. The molecule has 0 saturated heterocycles. The molecule has 2 atom stereocenters. The van der Waals surface area contributed by atoms with Crippen LogP contribution in [0.3, 0.4) is 0 Å². The van der Waals surface area contributed by atoms with Crippen molar-refractivity contribution in [2.24, 2.45) is 5.73 Å². The molecule has 0 bridgehead atoms. The zero-order valence-electron chi connectivity index (χ0n) is 9.95. The van der Waals surface area contributed by atoms with Crippen molar-refractivity contribution >= 4 is 11.3 Å². The van der Waals surface area contributed by atoms with Gasteiger partial charge < -0.3 is 10.5 Å². The summed E-state index contributed by atoms with van der Waals surface area (Å²) in [5.41, 5.74) is 7.73. The van der Waals surface area contributed by atoms with Crippen LogP contribution in [0.25, 0.3) is 0 Å². The van der Waals surface area contributed by atoms with Crippen molar-refractivity contribution in [1.29, 1.82) is 0 Å². The number of hydrogen-bond acceptors (Lipinski definition) is 3. The van der Waals surface area contributed by atoms with Gasteiger partial charge in [-0.05, 0) is 42.7 Å². The molecule has 1 aromatic rings. The zero-order valence-corrected chi connectivity index (χ0v) is 10.8. The van der Waals surface area contributed by atoms with Crippen molar-refractivity contribution < 1.29 is 4.74 Å². The molecule has 0 radical (unpaired) electrons. The van der Waals surface area contributed by atoms with Gasteiger partial charge in [0.1, 0.15) is 0 Å². The normalized spacial score (nSPS) is 21.8. The molecule has 2 N–H and O–H groups in total. The maximum atomic E-state index is 6.24. The molecular weight excluding hydrogens is 218 g/mol. The van der Waals surface area contributed by atoms with Gasteiger partial charge in [0.2, 0.25) is 0 Å². The molecule has 90 valence electrons. The molecule has 0 amide bonds. The van der Waals surface area contributed by atoms with Crippen molar-refractivity contribution in [3.8, 4) is 0 Å². The lowest BCUT2D eigenvalue weighted by Gasteiger charge is -2.28. The van der Waals surface area contributed by atoms with Crippen molar-refractivity contribution in [3.05, 3.63) is 21.9 Å². The highest BCUT2D eigenvalue weighted by atomic mass is 32.1. The number of nitrogens with two attached hydrogens (primary N) is 1. The van der Waals surface area contributed by atoms with Crippen molar-refractivity contribution in [2.75, 3.05) is 13.2 Å². The Balaban J connectivity index is 1.95. The largest absolute Gasteiger partial charge is 0.380 e. The molecule has 16 heavy (non-hydrogen) atoms. The fraction of sp³-hybridized carbons (Fsp3) is 0.692. The van der Waals surface area contributed by atoms with Crippen LogP contribution in [0.1, 0.15) is 42.5 Å². The number of thiophene rings is 1. The molecule has 0 fully saturated rings. The predicted octanol–water partition coefficient (Wildman–Crippen LogP) is 2.92. The van der Waals surface area contributed by atoms with Crippen molar-refractivity contribution in [2.45, 2.75) is 44.6 Å². The van der Waals surface area contributed by atoms with Crippen LogP contribution >= 0.6 is 11.3 Å². The van der Waals surface area contributed by atoms with E-state index in [4.69, 9.17) is 10.5 Å². The molecule has 1 aliphatic rings. The highest BCUT2D eigenvalue weighted by Crippen LogP contribution is 2.36. The Morgan fingerprint density at radius 3 is 3.31 bits per heavy atom. The second kappa shape index (κ2) is 5.80. The van der Waals surface area contributed by atoms with E-state index in [2.05, 4.69) is 18.4 Å². The minimum Gasteiger partial charge on any atom is -0.380 e. The van der Waals surface area contributed by atoms with Crippen molar-refractivity contribution in [1.82, 2.24) is 0 Å². The maximum absolute atomic E-state index is 6.24. The Labute approximate surface area is 102 Å². The van der Waals surface area contributed by atoms with E-state index in [0.29, 0.717) is 12.5 Å². The summed E-state index contributed by atoms with van der Waals surface area (Å²) in [5.74, 6) is 0.520. The molecule has 0 spiro atoms. The van der Waals surface area contributed by atoms with Gasteiger partial charge in [0.05, 0.1) is 6.61 Å². The van der Waals surface area contributed by atoms with Crippen LogP contribution in [0.15, 0.2) is 11.4 Å². The van der Waals surface area contributed by atoms with E-state index < -0.39 is 0 Å². The summed E-state index contributed by atoms with van der Waals surface area (Å²) in [6, 6.07) is 2.42. The zero-order chi connectivity index (χ0) is 11.4. The quantitative estimate of drug-likeness (QED) is 0.802. The third-order valence-electron chi connectivity index (χ3n) is 3.27. The second-order valence-electron chi connectivity index (χ2n) is 4.54. The molecular formula is C13H21NOS. The first-order valence-corrected chi connectivity index (χ1v) is 7.10. The van der Waals surface area contributed by atoms with Gasteiger partial charge in [0.15, 0.2) is 0 Å². The van der Waals surface area contributed by atoms with E-state index in [1.807, 2.05) is 11.3 Å². The number of ether oxygens (including phenoxy) is 1. The molecule has 2 unspecified atom stereocenters. The molecule has 3 heteroatoms. The lowest BCUT2D eigenvalue weighted by Crippen LogP contribution is -2.34. The van der Waals surface area contributed by atoms with Crippen LogP contribution in [-0.4, -0.2) is 19.3 Å². The van der Waals surface area contributed by atoms with E-state index in [0.717, 1.165) is 13.0 Å². The Morgan fingerprint density at radius 1 is 1.62 bits per heavy atom. The Hall–Kier alpha value is -0.380. The fourth-order valence-corrected chi connectivity index (χ4v) is 3.44. The maximum Gasteiger partial charge on any atom is 0.0623 e. The minimum absolute atomic E-state index is 0.167. The van der Waals surface area contributed by atoms with E-state index in [1.165, 1.54) is 24.8 Å². The Bertz CT molecular complexity index is 323. The number of hydrogen-bond donors (Lipinski definition) is 1. The Kier molecular flexibility index (Phi) is 4.38. The average molecular weight is 239 g/mol. The summed E-state index contributed by atoms with van der Waals surface area (Å²) in [5, 5.41) is 2.20. The molecule has 1 aliphatic carbocycles. The number of aryl methyl sites for hydroxylation is 1. The smallest absolute Gasteiger partial charge is 0.0623 e.